The number of alkyl halides is 9. The number of allylic oxidation sites excluding steroid dienone is 3. The average molecular weight is 754 g/mol. The molecule has 2 aliphatic carbocycles. The lowest BCUT2D eigenvalue weighted by molar-refractivity contribution is -0.277. The van der Waals surface area contributed by atoms with Crippen molar-refractivity contribution in [1.82, 2.24) is 0 Å². The van der Waals surface area contributed by atoms with Crippen LogP contribution in [0.15, 0.2) is 46.8 Å². The summed E-state index contributed by atoms with van der Waals surface area (Å²) in [6.45, 7) is 15.8. The molecule has 53 heavy (non-hydrogen) atoms. The van der Waals surface area contributed by atoms with Crippen molar-refractivity contribution in [1.29, 1.82) is 10.5 Å². The summed E-state index contributed by atoms with van der Waals surface area (Å²) in [4.78, 5) is 5.89. The van der Waals surface area contributed by atoms with E-state index in [4.69, 9.17) is 13.1 Å². The summed E-state index contributed by atoms with van der Waals surface area (Å²) in [7, 11) is 0. The molecule has 0 fully saturated rings. The molecular formula is C34H11F13N4O2. The van der Waals surface area contributed by atoms with Crippen molar-refractivity contribution in [2.24, 2.45) is 0 Å². The van der Waals surface area contributed by atoms with Crippen molar-refractivity contribution < 1.29 is 66.5 Å². The molecule has 0 radical (unpaired) electrons. The lowest BCUT2D eigenvalue weighted by atomic mass is 9.94. The molecule has 0 amide bonds. The monoisotopic (exact) mass is 754 g/mol. The number of nitrogens with zero attached hydrogens (tertiary/aromatic N) is 4. The van der Waals surface area contributed by atoms with Gasteiger partial charge >= 0.3 is 24.7 Å². The van der Waals surface area contributed by atoms with Gasteiger partial charge in [-0.1, -0.05) is 0 Å². The predicted octanol–water partition coefficient (Wildman–Crippen LogP) is 8.27. The van der Waals surface area contributed by atoms with E-state index >= 15 is 0 Å². The maximum Gasteiger partial charge on any atom is 0.573 e. The second kappa shape index (κ2) is 12.9. The normalized spacial score (nSPS) is 13.8. The Morgan fingerprint density at radius 3 is 1.40 bits per heavy atom. The number of halogens is 13. The number of hydrogen-bond donors (Lipinski definition) is 0. The van der Waals surface area contributed by atoms with Gasteiger partial charge in [0.15, 0.2) is 0 Å². The molecule has 0 aromatic heterocycles. The first kappa shape index (κ1) is 37.8. The molecule has 3 aromatic carbocycles. The van der Waals surface area contributed by atoms with E-state index in [-0.39, 0.29) is 12.1 Å². The molecule has 2 aliphatic rings. The zero-order valence-corrected chi connectivity index (χ0v) is 25.7. The van der Waals surface area contributed by atoms with E-state index in [0.717, 1.165) is 6.92 Å². The Balaban J connectivity index is 2.19. The van der Waals surface area contributed by atoms with Crippen LogP contribution in [0.1, 0.15) is 33.4 Å². The second-order valence-electron chi connectivity index (χ2n) is 11.0. The molecule has 0 aliphatic heterocycles. The summed E-state index contributed by atoms with van der Waals surface area (Å²) < 4.78 is 194. The van der Waals surface area contributed by atoms with Crippen LogP contribution < -0.4 is 19.9 Å². The fourth-order valence-electron chi connectivity index (χ4n) is 6.10. The fraction of sp³-hybridized carbons (Fsp3) is 0.176. The quantitative estimate of drug-likeness (QED) is 0.153. The first-order valence-electron chi connectivity index (χ1n) is 14.1. The van der Waals surface area contributed by atoms with Gasteiger partial charge in [0.25, 0.3) is 0 Å². The van der Waals surface area contributed by atoms with Crippen molar-refractivity contribution in [2.75, 3.05) is 0 Å². The van der Waals surface area contributed by atoms with Crippen molar-refractivity contribution in [3.05, 3.63) is 137 Å². The van der Waals surface area contributed by atoms with Crippen LogP contribution in [0.25, 0.3) is 20.8 Å². The SMILES string of the molecule is [C-]#[N+]C([N+]#[C-])=C1Cc2c(OC(F)(F)F)c3c(c(OC(F)(F)F)c2=C1c1cc(F)c(C)c(F)c1)CC(=C(C#N)C#N)C=3c1cc(F)c(C(F)(F)F)c(F)c1. The van der Waals surface area contributed by atoms with Gasteiger partial charge in [0, 0.05) is 40.0 Å². The van der Waals surface area contributed by atoms with Crippen LogP contribution in [0.2, 0.25) is 0 Å². The summed E-state index contributed by atoms with van der Waals surface area (Å²) in [6.07, 6.45) is -19.5. The van der Waals surface area contributed by atoms with Crippen LogP contribution >= 0.6 is 0 Å². The van der Waals surface area contributed by atoms with E-state index in [1.54, 1.807) is 0 Å². The maximum absolute atomic E-state index is 14.9. The molecule has 0 atom stereocenters. The highest BCUT2D eigenvalue weighted by molar-refractivity contribution is 5.92. The van der Waals surface area contributed by atoms with Crippen molar-refractivity contribution >= 4 is 11.1 Å². The second-order valence-corrected chi connectivity index (χ2v) is 11.0. The zero-order valence-electron chi connectivity index (χ0n) is 25.7. The van der Waals surface area contributed by atoms with Crippen molar-refractivity contribution in [3.63, 3.8) is 0 Å². The molecule has 3 aromatic rings. The van der Waals surface area contributed by atoms with Crippen LogP contribution in [0.5, 0.6) is 11.5 Å². The van der Waals surface area contributed by atoms with Crippen molar-refractivity contribution in [3.8, 4) is 23.6 Å². The van der Waals surface area contributed by atoms with Crippen LogP contribution in [-0.2, 0) is 19.0 Å². The van der Waals surface area contributed by atoms with E-state index in [1.165, 1.54) is 12.1 Å². The molecule has 0 bridgehead atoms. The Kier molecular flexibility index (Phi) is 9.22. The highest BCUT2D eigenvalue weighted by Gasteiger charge is 2.44. The number of ether oxygens (including phenoxy) is 2. The third-order valence-corrected chi connectivity index (χ3v) is 8.04. The topological polar surface area (TPSA) is 74.8 Å². The standard InChI is InChI=1S/C34H11F13N4O2/c1-12-20(35)4-13(5-21(12)36)25-19(31(50-2)51-3)9-18-27(25)29(52-33(42,43)44)17-8-16(15(10-48)11-49)24(26(17)30(18)53-34(45,46)47)14-6-22(37)28(23(38)7-14)32(39,40)41/h4-7H,8-9H2,1H3. The van der Waals surface area contributed by atoms with E-state index < -0.39 is 144 Å². The third kappa shape index (κ3) is 6.69. The first-order valence-corrected chi connectivity index (χ1v) is 14.1. The average Bonchev–Trinajstić information content (AvgIpc) is 3.61. The Bertz CT molecular complexity index is 2440. The Labute approximate surface area is 287 Å². The molecule has 19 heteroatoms. The van der Waals surface area contributed by atoms with Gasteiger partial charge in [-0.05, 0) is 59.0 Å². The number of benzene rings is 3. The van der Waals surface area contributed by atoms with Crippen LogP contribution in [-0.4, -0.2) is 12.7 Å². The lowest BCUT2D eigenvalue weighted by Crippen LogP contribution is -2.32. The van der Waals surface area contributed by atoms with Crippen molar-refractivity contribution in [2.45, 2.75) is 38.7 Å². The Hall–Kier alpha value is -6.47. The highest BCUT2D eigenvalue weighted by Crippen LogP contribution is 2.45. The Morgan fingerprint density at radius 1 is 0.660 bits per heavy atom. The molecule has 270 valence electrons. The molecule has 0 N–H and O–H groups in total. The number of nitriles is 2. The summed E-state index contributed by atoms with van der Waals surface area (Å²) >= 11 is 0. The molecule has 0 saturated heterocycles. The molecule has 0 heterocycles. The first-order chi connectivity index (χ1) is 24.6. The number of rotatable bonds is 4. The Morgan fingerprint density at radius 2 is 1.04 bits per heavy atom. The number of hydrogen-bond acceptors (Lipinski definition) is 4. The van der Waals surface area contributed by atoms with E-state index in [9.17, 15) is 67.6 Å². The summed E-state index contributed by atoms with van der Waals surface area (Å²) in [5, 5.41) is 17.1. The smallest absolute Gasteiger partial charge is 0.405 e. The fourth-order valence-corrected chi connectivity index (χ4v) is 6.10. The minimum atomic E-state index is -5.79. The van der Waals surface area contributed by atoms with Gasteiger partial charge in [-0.3, -0.25) is 0 Å². The minimum absolute atomic E-state index is 0.0472. The summed E-state index contributed by atoms with van der Waals surface area (Å²) in [6, 6.07) is 3.63. The summed E-state index contributed by atoms with van der Waals surface area (Å²) in [5.74, 6) is -11.3. The lowest BCUT2D eigenvalue weighted by Gasteiger charge is -2.19. The van der Waals surface area contributed by atoms with E-state index in [0.29, 0.717) is 12.1 Å². The zero-order chi connectivity index (χ0) is 39.5. The van der Waals surface area contributed by atoms with Gasteiger partial charge in [-0.2, -0.15) is 33.4 Å². The number of fused-ring (bicyclic) bond motifs is 2. The molecule has 6 nitrogen and oxygen atoms in total. The van der Waals surface area contributed by atoms with Gasteiger partial charge in [0.1, 0.15) is 71.2 Å². The minimum Gasteiger partial charge on any atom is -0.405 e. The van der Waals surface area contributed by atoms with Crippen LogP contribution in [0.3, 0.4) is 0 Å². The van der Waals surface area contributed by atoms with Gasteiger partial charge in [0.2, 0.25) is 0 Å². The van der Waals surface area contributed by atoms with Crippen LogP contribution in [0, 0.1) is 66.0 Å². The van der Waals surface area contributed by atoms with Gasteiger partial charge in [0.05, 0.1) is 5.57 Å². The van der Waals surface area contributed by atoms with Gasteiger partial charge < -0.3 is 9.47 Å². The predicted molar refractivity (Wildman–Crippen MR) is 152 cm³/mol. The molecule has 0 unspecified atom stereocenters. The highest BCUT2D eigenvalue weighted by atomic mass is 19.4. The molecule has 0 saturated carbocycles. The molecule has 5 rings (SSSR count). The van der Waals surface area contributed by atoms with Gasteiger partial charge in [-0.15, -0.1) is 26.3 Å². The largest absolute Gasteiger partial charge is 0.573 e. The van der Waals surface area contributed by atoms with Gasteiger partial charge in [-0.25, -0.2) is 17.6 Å². The third-order valence-electron chi connectivity index (χ3n) is 8.04. The molecular weight excluding hydrogens is 743 g/mol. The molecule has 0 spiro atoms. The summed E-state index contributed by atoms with van der Waals surface area (Å²) in [5.41, 5.74) is -11.4. The maximum atomic E-state index is 14.9. The van der Waals surface area contributed by atoms with E-state index in [1.807, 2.05) is 0 Å². The van der Waals surface area contributed by atoms with Crippen LogP contribution in [0.4, 0.5) is 57.1 Å². The van der Waals surface area contributed by atoms with E-state index in [2.05, 4.69) is 19.2 Å².